The molecule has 0 aliphatic carbocycles. The quantitative estimate of drug-likeness (QED) is 0.883. The van der Waals surface area contributed by atoms with Crippen LogP contribution in [0.15, 0.2) is 24.3 Å². The second kappa shape index (κ2) is 7.27. The summed E-state index contributed by atoms with van der Waals surface area (Å²) in [6.07, 6.45) is 2.92. The summed E-state index contributed by atoms with van der Waals surface area (Å²) in [4.78, 5) is 26.5. The van der Waals surface area contributed by atoms with E-state index in [-0.39, 0.29) is 11.9 Å². The van der Waals surface area contributed by atoms with E-state index in [2.05, 4.69) is 33.1 Å². The van der Waals surface area contributed by atoms with Gasteiger partial charge in [0.2, 0.25) is 5.82 Å². The standard InChI is InChI=1S/C21H27N5O/c1-14-15(2)23-19(24-20(14)25-11-9-18(22)13-25)21(27)26-10-5-8-16-6-3-4-7-17(16)12-26/h3-4,6-7,18H,5,8-13,22H2,1-2H3/t18-/m1/s1. The van der Waals surface area contributed by atoms with Crippen molar-refractivity contribution in [1.29, 1.82) is 0 Å². The van der Waals surface area contributed by atoms with E-state index in [0.29, 0.717) is 12.4 Å². The van der Waals surface area contributed by atoms with Gasteiger partial charge >= 0.3 is 0 Å². The Kier molecular flexibility index (Phi) is 4.83. The first-order valence-electron chi connectivity index (χ1n) is 9.74. The van der Waals surface area contributed by atoms with Crippen molar-refractivity contribution >= 4 is 11.7 Å². The summed E-state index contributed by atoms with van der Waals surface area (Å²) >= 11 is 0. The lowest BCUT2D eigenvalue weighted by atomic mass is 10.0. The Bertz CT molecular complexity index is 866. The molecule has 27 heavy (non-hydrogen) atoms. The number of fused-ring (bicyclic) bond motifs is 1. The first-order valence-corrected chi connectivity index (χ1v) is 9.74. The molecule has 1 fully saturated rings. The van der Waals surface area contributed by atoms with E-state index < -0.39 is 0 Å². The molecule has 3 heterocycles. The Morgan fingerprint density at radius 2 is 1.93 bits per heavy atom. The minimum atomic E-state index is -0.0838. The van der Waals surface area contributed by atoms with Gasteiger partial charge in [0, 0.05) is 43.5 Å². The zero-order chi connectivity index (χ0) is 19.0. The summed E-state index contributed by atoms with van der Waals surface area (Å²) in [7, 11) is 0. The Labute approximate surface area is 160 Å². The van der Waals surface area contributed by atoms with E-state index in [1.54, 1.807) is 0 Å². The number of carbonyl (C=O) groups is 1. The molecule has 0 bridgehead atoms. The number of rotatable bonds is 2. The monoisotopic (exact) mass is 365 g/mol. The summed E-state index contributed by atoms with van der Waals surface area (Å²) < 4.78 is 0. The second-order valence-electron chi connectivity index (χ2n) is 7.67. The average molecular weight is 365 g/mol. The van der Waals surface area contributed by atoms with Gasteiger partial charge in [-0.15, -0.1) is 0 Å². The molecule has 4 rings (SSSR count). The fourth-order valence-corrected chi connectivity index (χ4v) is 4.01. The molecule has 1 aromatic carbocycles. The summed E-state index contributed by atoms with van der Waals surface area (Å²) in [6, 6.07) is 8.54. The van der Waals surface area contributed by atoms with Crippen LogP contribution in [-0.2, 0) is 13.0 Å². The largest absolute Gasteiger partial charge is 0.355 e. The van der Waals surface area contributed by atoms with Crippen molar-refractivity contribution in [1.82, 2.24) is 14.9 Å². The smallest absolute Gasteiger partial charge is 0.292 e. The molecule has 2 N–H and O–H groups in total. The SMILES string of the molecule is Cc1nc(C(=O)N2CCCc3ccccc3C2)nc(N2CC[C@@H](N)C2)c1C. The zero-order valence-corrected chi connectivity index (χ0v) is 16.1. The lowest BCUT2D eigenvalue weighted by Gasteiger charge is -2.23. The van der Waals surface area contributed by atoms with E-state index in [1.807, 2.05) is 24.8 Å². The first kappa shape index (κ1) is 17.9. The minimum Gasteiger partial charge on any atom is -0.355 e. The fraction of sp³-hybridized carbons (Fsp3) is 0.476. The van der Waals surface area contributed by atoms with E-state index in [1.165, 1.54) is 11.1 Å². The molecular formula is C21H27N5O. The Hall–Kier alpha value is -2.47. The van der Waals surface area contributed by atoms with Crippen LogP contribution in [0.5, 0.6) is 0 Å². The van der Waals surface area contributed by atoms with Crippen molar-refractivity contribution in [3.63, 3.8) is 0 Å². The zero-order valence-electron chi connectivity index (χ0n) is 16.1. The fourth-order valence-electron chi connectivity index (χ4n) is 4.01. The van der Waals surface area contributed by atoms with Crippen molar-refractivity contribution in [3.05, 3.63) is 52.5 Å². The lowest BCUT2D eigenvalue weighted by molar-refractivity contribution is 0.0733. The highest BCUT2D eigenvalue weighted by Gasteiger charge is 2.27. The number of nitrogens with zero attached hydrogens (tertiary/aromatic N) is 4. The van der Waals surface area contributed by atoms with Crippen LogP contribution in [0, 0.1) is 13.8 Å². The van der Waals surface area contributed by atoms with E-state index in [0.717, 1.165) is 56.0 Å². The van der Waals surface area contributed by atoms with Gasteiger partial charge in [-0.3, -0.25) is 4.79 Å². The molecule has 0 spiro atoms. The van der Waals surface area contributed by atoms with Crippen molar-refractivity contribution in [2.75, 3.05) is 24.5 Å². The Morgan fingerprint density at radius 1 is 1.15 bits per heavy atom. The summed E-state index contributed by atoms with van der Waals surface area (Å²) in [5.41, 5.74) is 10.5. The molecule has 6 nitrogen and oxygen atoms in total. The topological polar surface area (TPSA) is 75.4 Å². The maximum absolute atomic E-state index is 13.2. The van der Waals surface area contributed by atoms with E-state index in [4.69, 9.17) is 5.73 Å². The molecule has 2 aliphatic heterocycles. The molecule has 0 unspecified atom stereocenters. The third kappa shape index (κ3) is 3.54. The summed E-state index contributed by atoms with van der Waals surface area (Å²) in [6.45, 7) is 6.98. The molecule has 142 valence electrons. The van der Waals surface area contributed by atoms with Gasteiger partial charge in [0.05, 0.1) is 0 Å². The van der Waals surface area contributed by atoms with Gasteiger partial charge in [-0.05, 0) is 44.2 Å². The third-order valence-corrected chi connectivity index (χ3v) is 5.72. The first-order chi connectivity index (χ1) is 13.0. The van der Waals surface area contributed by atoms with Crippen molar-refractivity contribution in [3.8, 4) is 0 Å². The molecule has 1 amide bonds. The van der Waals surface area contributed by atoms with Crippen molar-refractivity contribution in [2.45, 2.75) is 45.7 Å². The molecule has 2 aromatic rings. The second-order valence-corrected chi connectivity index (χ2v) is 7.67. The normalized spacial score (nSPS) is 19.7. The number of nitrogens with two attached hydrogens (primary N) is 1. The number of amides is 1. The van der Waals surface area contributed by atoms with Crippen LogP contribution in [0.25, 0.3) is 0 Å². The summed E-state index contributed by atoms with van der Waals surface area (Å²) in [5, 5.41) is 0. The number of aryl methyl sites for hydroxylation is 2. The minimum absolute atomic E-state index is 0.0838. The lowest BCUT2D eigenvalue weighted by Crippen LogP contribution is -2.33. The van der Waals surface area contributed by atoms with Crippen molar-refractivity contribution < 1.29 is 4.79 Å². The average Bonchev–Trinajstić information content (AvgIpc) is 2.97. The highest BCUT2D eigenvalue weighted by molar-refractivity contribution is 5.91. The number of aromatic nitrogens is 2. The number of carbonyl (C=O) groups excluding carboxylic acids is 1. The highest BCUT2D eigenvalue weighted by Crippen LogP contribution is 2.25. The Balaban J connectivity index is 1.63. The van der Waals surface area contributed by atoms with E-state index >= 15 is 0 Å². The molecule has 0 radical (unpaired) electrons. The third-order valence-electron chi connectivity index (χ3n) is 5.72. The molecule has 1 atom stereocenters. The number of hydrogen-bond donors (Lipinski definition) is 1. The van der Waals surface area contributed by atoms with Crippen LogP contribution in [0.2, 0.25) is 0 Å². The van der Waals surface area contributed by atoms with Crippen LogP contribution in [0.4, 0.5) is 5.82 Å². The van der Waals surface area contributed by atoms with Gasteiger partial charge in [-0.1, -0.05) is 24.3 Å². The van der Waals surface area contributed by atoms with E-state index in [9.17, 15) is 4.79 Å². The van der Waals surface area contributed by atoms with Crippen LogP contribution < -0.4 is 10.6 Å². The summed E-state index contributed by atoms with van der Waals surface area (Å²) in [5.74, 6) is 1.07. The van der Waals surface area contributed by atoms with Crippen LogP contribution in [-0.4, -0.2) is 46.5 Å². The number of anilines is 1. The van der Waals surface area contributed by atoms with Crippen LogP contribution >= 0.6 is 0 Å². The van der Waals surface area contributed by atoms with Gasteiger partial charge in [0.15, 0.2) is 0 Å². The molecule has 0 saturated carbocycles. The van der Waals surface area contributed by atoms with Crippen LogP contribution in [0.1, 0.15) is 45.8 Å². The predicted octanol–water partition coefficient (Wildman–Crippen LogP) is 2.22. The van der Waals surface area contributed by atoms with Gasteiger partial charge < -0.3 is 15.5 Å². The highest BCUT2D eigenvalue weighted by atomic mass is 16.2. The van der Waals surface area contributed by atoms with Crippen LogP contribution in [0.3, 0.4) is 0 Å². The maximum Gasteiger partial charge on any atom is 0.292 e. The Morgan fingerprint density at radius 3 is 2.67 bits per heavy atom. The van der Waals surface area contributed by atoms with Gasteiger partial charge in [0.1, 0.15) is 5.82 Å². The molecule has 2 aliphatic rings. The van der Waals surface area contributed by atoms with Gasteiger partial charge in [0.25, 0.3) is 5.91 Å². The molecular weight excluding hydrogens is 338 g/mol. The number of benzene rings is 1. The molecule has 1 saturated heterocycles. The molecule has 1 aromatic heterocycles. The molecule has 6 heteroatoms. The van der Waals surface area contributed by atoms with Gasteiger partial charge in [-0.25, -0.2) is 9.97 Å². The predicted molar refractivity (Wildman–Crippen MR) is 106 cm³/mol. The van der Waals surface area contributed by atoms with Gasteiger partial charge in [-0.2, -0.15) is 0 Å². The van der Waals surface area contributed by atoms with Crippen molar-refractivity contribution in [2.24, 2.45) is 5.73 Å². The maximum atomic E-state index is 13.2. The number of hydrogen-bond acceptors (Lipinski definition) is 5.